The molecule has 2 aromatic heterocycles. The van der Waals surface area contributed by atoms with Gasteiger partial charge in [0.2, 0.25) is 0 Å². The Balaban J connectivity index is 1.27. The Morgan fingerprint density at radius 1 is 1.03 bits per heavy atom. The molecular weight excluding hydrogens is 410 g/mol. The van der Waals surface area contributed by atoms with Gasteiger partial charge in [-0.1, -0.05) is 29.8 Å². The fourth-order valence-electron chi connectivity index (χ4n) is 5.35. The number of aliphatic hydroxyl groups excluding tert-OH is 1. The van der Waals surface area contributed by atoms with Crippen LogP contribution in [-0.2, 0) is 6.54 Å². The van der Waals surface area contributed by atoms with Crippen molar-refractivity contribution in [3.8, 4) is 11.3 Å². The SMILES string of the molecule is OC(NC1CC1)N1C2CCC1CN(Cc1c(-c3ccc(Cl)cc3)nc3ccccn13)C2. The van der Waals surface area contributed by atoms with Gasteiger partial charge < -0.3 is 9.51 Å². The maximum atomic E-state index is 10.7. The number of benzene rings is 1. The van der Waals surface area contributed by atoms with Crippen molar-refractivity contribution in [3.05, 3.63) is 59.4 Å². The van der Waals surface area contributed by atoms with Crippen LogP contribution < -0.4 is 5.32 Å². The number of aromatic nitrogens is 2. The summed E-state index contributed by atoms with van der Waals surface area (Å²) in [5, 5.41) is 14.9. The molecule has 31 heavy (non-hydrogen) atoms. The molecule has 2 N–H and O–H groups in total. The molecule has 1 saturated carbocycles. The molecule has 0 spiro atoms. The van der Waals surface area contributed by atoms with Crippen LogP contribution in [0.25, 0.3) is 16.9 Å². The van der Waals surface area contributed by atoms with Gasteiger partial charge in [-0.15, -0.1) is 0 Å². The summed E-state index contributed by atoms with van der Waals surface area (Å²) in [7, 11) is 0. The molecule has 6 rings (SSSR count). The van der Waals surface area contributed by atoms with Gasteiger partial charge in [-0.25, -0.2) is 4.98 Å². The van der Waals surface area contributed by atoms with Crippen molar-refractivity contribution in [2.45, 2.75) is 56.7 Å². The lowest BCUT2D eigenvalue weighted by Gasteiger charge is -2.43. The van der Waals surface area contributed by atoms with Gasteiger partial charge >= 0.3 is 0 Å². The lowest BCUT2D eigenvalue weighted by Crippen LogP contribution is -2.60. The Hall–Kier alpha value is -1.96. The van der Waals surface area contributed by atoms with E-state index >= 15 is 0 Å². The highest BCUT2D eigenvalue weighted by atomic mass is 35.5. The zero-order chi connectivity index (χ0) is 20.9. The van der Waals surface area contributed by atoms with Crippen LogP contribution in [0.4, 0.5) is 0 Å². The Kier molecular flexibility index (Phi) is 5.00. The molecule has 0 radical (unpaired) electrons. The van der Waals surface area contributed by atoms with E-state index in [-0.39, 0.29) is 0 Å². The largest absolute Gasteiger partial charge is 0.365 e. The second-order valence-electron chi connectivity index (χ2n) is 9.18. The van der Waals surface area contributed by atoms with Gasteiger partial charge in [0, 0.05) is 54.5 Å². The number of nitrogens with one attached hydrogen (secondary N) is 1. The molecule has 3 fully saturated rings. The number of hydrogen-bond donors (Lipinski definition) is 2. The highest BCUT2D eigenvalue weighted by molar-refractivity contribution is 6.30. The van der Waals surface area contributed by atoms with Gasteiger partial charge in [0.05, 0.1) is 11.4 Å². The number of nitrogens with zero attached hydrogens (tertiary/aromatic N) is 4. The molecule has 2 aliphatic heterocycles. The van der Waals surface area contributed by atoms with Gasteiger partial charge in [-0.3, -0.25) is 15.1 Å². The number of likely N-dealkylation sites (tertiary alicyclic amines) is 1. The summed E-state index contributed by atoms with van der Waals surface area (Å²) in [6, 6.07) is 15.4. The number of pyridine rings is 1. The first-order valence-corrected chi connectivity index (χ1v) is 11.7. The van der Waals surface area contributed by atoms with Crippen LogP contribution in [0, 0.1) is 0 Å². The maximum Gasteiger partial charge on any atom is 0.163 e. The standard InChI is InChI=1S/C24H28ClN5O/c25-17-6-4-16(5-7-17)23-21(29-12-2-1-3-22(29)27-23)15-28-13-19-10-11-20(14-28)30(19)24(31)26-18-8-9-18/h1-7,12,18-20,24,26,31H,8-11,13-15H2. The molecule has 1 aliphatic carbocycles. The van der Waals surface area contributed by atoms with Crippen LogP contribution >= 0.6 is 11.6 Å². The van der Waals surface area contributed by atoms with Crippen molar-refractivity contribution in [2.75, 3.05) is 13.1 Å². The summed E-state index contributed by atoms with van der Waals surface area (Å²) in [6.07, 6.45) is 6.28. The highest BCUT2D eigenvalue weighted by Gasteiger charge is 2.44. The fraction of sp³-hybridized carbons (Fsp3) is 0.458. The molecule has 0 amide bonds. The second-order valence-corrected chi connectivity index (χ2v) is 9.62. The van der Waals surface area contributed by atoms with Gasteiger partial charge in [0.1, 0.15) is 5.65 Å². The van der Waals surface area contributed by atoms with E-state index in [0.717, 1.165) is 54.4 Å². The summed E-state index contributed by atoms with van der Waals surface area (Å²) >= 11 is 6.12. The van der Waals surface area contributed by atoms with Gasteiger partial charge in [0.15, 0.2) is 6.35 Å². The van der Waals surface area contributed by atoms with Crippen molar-refractivity contribution in [2.24, 2.45) is 0 Å². The zero-order valence-corrected chi connectivity index (χ0v) is 18.2. The molecule has 162 valence electrons. The molecule has 2 saturated heterocycles. The van der Waals surface area contributed by atoms with Gasteiger partial charge in [0.25, 0.3) is 0 Å². The molecule has 3 aliphatic rings. The van der Waals surface area contributed by atoms with Crippen LogP contribution in [0.1, 0.15) is 31.4 Å². The van der Waals surface area contributed by atoms with Crippen molar-refractivity contribution in [3.63, 3.8) is 0 Å². The van der Waals surface area contributed by atoms with Crippen LogP contribution in [0.5, 0.6) is 0 Å². The topological polar surface area (TPSA) is 56.0 Å². The first-order chi connectivity index (χ1) is 15.2. The summed E-state index contributed by atoms with van der Waals surface area (Å²) in [5.74, 6) is 0. The molecule has 7 heteroatoms. The quantitative estimate of drug-likeness (QED) is 0.579. The Morgan fingerprint density at radius 3 is 2.48 bits per heavy atom. The summed E-state index contributed by atoms with van der Waals surface area (Å²) in [6.45, 7) is 2.79. The molecule has 6 nitrogen and oxygen atoms in total. The number of halogens is 1. The number of imidazole rings is 1. The third-order valence-electron chi connectivity index (χ3n) is 6.98. The number of piperazine rings is 1. The van der Waals surface area contributed by atoms with E-state index in [0.29, 0.717) is 18.1 Å². The minimum atomic E-state index is -0.507. The normalized spacial score (nSPS) is 25.4. The minimum Gasteiger partial charge on any atom is -0.365 e. The Morgan fingerprint density at radius 2 is 1.77 bits per heavy atom. The summed E-state index contributed by atoms with van der Waals surface area (Å²) in [5.41, 5.74) is 4.29. The highest BCUT2D eigenvalue weighted by Crippen LogP contribution is 2.34. The third-order valence-corrected chi connectivity index (χ3v) is 7.23. The molecule has 1 aromatic carbocycles. The fourth-order valence-corrected chi connectivity index (χ4v) is 5.47. The summed E-state index contributed by atoms with van der Waals surface area (Å²) in [4.78, 5) is 9.81. The van der Waals surface area contributed by atoms with Crippen molar-refractivity contribution < 1.29 is 5.11 Å². The van der Waals surface area contributed by atoms with E-state index in [9.17, 15) is 5.11 Å². The van der Waals surface area contributed by atoms with E-state index in [1.54, 1.807) is 0 Å². The van der Waals surface area contributed by atoms with Crippen LogP contribution in [-0.4, -0.2) is 61.9 Å². The van der Waals surface area contributed by atoms with Gasteiger partial charge in [-0.2, -0.15) is 0 Å². The van der Waals surface area contributed by atoms with Gasteiger partial charge in [-0.05, 0) is 49.9 Å². The number of hydrogen-bond acceptors (Lipinski definition) is 5. The number of rotatable bonds is 6. The van der Waals surface area contributed by atoms with Crippen molar-refractivity contribution >= 4 is 17.2 Å². The van der Waals surface area contributed by atoms with Crippen LogP contribution in [0.2, 0.25) is 5.02 Å². The predicted octanol–water partition coefficient (Wildman–Crippen LogP) is 3.33. The maximum absolute atomic E-state index is 10.7. The first-order valence-electron chi connectivity index (χ1n) is 11.3. The second kappa shape index (κ2) is 7.87. The van der Waals surface area contributed by atoms with Crippen molar-refractivity contribution in [1.82, 2.24) is 24.5 Å². The number of fused-ring (bicyclic) bond motifs is 3. The van der Waals surface area contributed by atoms with Crippen LogP contribution in [0.15, 0.2) is 48.7 Å². The first kappa shape index (κ1) is 19.7. The minimum absolute atomic E-state index is 0.401. The van der Waals surface area contributed by atoms with E-state index in [1.807, 2.05) is 18.2 Å². The Bertz CT molecular complexity index is 1070. The molecular formula is C24H28ClN5O. The zero-order valence-electron chi connectivity index (χ0n) is 17.5. The predicted molar refractivity (Wildman–Crippen MR) is 122 cm³/mol. The lowest BCUT2D eigenvalue weighted by atomic mass is 10.1. The van der Waals surface area contributed by atoms with E-state index in [2.05, 4.69) is 50.0 Å². The summed E-state index contributed by atoms with van der Waals surface area (Å²) < 4.78 is 2.21. The van der Waals surface area contributed by atoms with E-state index in [1.165, 1.54) is 18.5 Å². The molecule has 3 unspecified atom stereocenters. The van der Waals surface area contributed by atoms with E-state index < -0.39 is 6.35 Å². The average Bonchev–Trinajstić information content (AvgIpc) is 3.45. The molecule has 4 heterocycles. The monoisotopic (exact) mass is 437 g/mol. The molecule has 2 bridgehead atoms. The average molecular weight is 438 g/mol. The van der Waals surface area contributed by atoms with Crippen molar-refractivity contribution in [1.29, 1.82) is 0 Å². The smallest absolute Gasteiger partial charge is 0.163 e. The molecule has 3 aromatic rings. The Labute approximate surface area is 187 Å². The van der Waals surface area contributed by atoms with Crippen LogP contribution in [0.3, 0.4) is 0 Å². The molecule has 3 atom stereocenters. The van der Waals surface area contributed by atoms with E-state index in [4.69, 9.17) is 16.6 Å². The third kappa shape index (κ3) is 3.77. The number of aliphatic hydroxyl groups is 1. The lowest BCUT2D eigenvalue weighted by molar-refractivity contribution is -0.0854.